The van der Waals surface area contributed by atoms with Gasteiger partial charge in [0, 0.05) is 31.7 Å². The van der Waals surface area contributed by atoms with E-state index in [0.717, 1.165) is 38.5 Å². The molecule has 1 aromatic carbocycles. The summed E-state index contributed by atoms with van der Waals surface area (Å²) >= 11 is 1.73. The van der Waals surface area contributed by atoms with Crippen LogP contribution in [-0.2, 0) is 0 Å². The lowest BCUT2D eigenvalue weighted by atomic mass is 9.86. The van der Waals surface area contributed by atoms with Gasteiger partial charge >= 0.3 is 0 Å². The minimum Gasteiger partial charge on any atom is -0.451 e. The molecule has 1 saturated heterocycles. The van der Waals surface area contributed by atoms with E-state index in [1.54, 1.807) is 23.0 Å². The largest absolute Gasteiger partial charge is 0.451 e. The van der Waals surface area contributed by atoms with Crippen molar-refractivity contribution in [2.75, 3.05) is 43.9 Å². The predicted molar refractivity (Wildman–Crippen MR) is 161 cm³/mol. The first-order chi connectivity index (χ1) is 19.4. The molecule has 0 bridgehead atoms. The number of hydrogen-bond acceptors (Lipinski definition) is 8. The van der Waals surface area contributed by atoms with Crippen molar-refractivity contribution in [2.45, 2.75) is 71.4 Å². The lowest BCUT2D eigenvalue weighted by Gasteiger charge is -2.35. The molecule has 2 N–H and O–H groups in total. The van der Waals surface area contributed by atoms with Crippen LogP contribution in [0, 0.1) is 17.7 Å². The maximum absolute atomic E-state index is 14.2. The lowest BCUT2D eigenvalue weighted by molar-refractivity contribution is 0.0713. The molecule has 1 aliphatic heterocycles. The smallest absolute Gasteiger partial charge is 0.257 e. The van der Waals surface area contributed by atoms with Crippen molar-refractivity contribution in [3.05, 3.63) is 42.1 Å². The maximum atomic E-state index is 14.2. The van der Waals surface area contributed by atoms with Crippen molar-refractivity contribution < 1.29 is 13.9 Å². The molecule has 1 atom stereocenters. The molecule has 4 rings (SSSR count). The number of nitrogens with zero attached hydrogens (tertiary/aromatic N) is 4. The summed E-state index contributed by atoms with van der Waals surface area (Å²) in [6, 6.07) is 4.72. The van der Waals surface area contributed by atoms with E-state index >= 15 is 0 Å². The van der Waals surface area contributed by atoms with Crippen LogP contribution in [0.15, 0.2) is 30.7 Å². The number of rotatable bonds is 12. The average Bonchev–Trinajstić information content (AvgIpc) is 2.95. The van der Waals surface area contributed by atoms with Crippen LogP contribution in [0.1, 0.15) is 69.7 Å². The first-order valence-electron chi connectivity index (χ1n) is 14.7. The molecule has 40 heavy (non-hydrogen) atoms. The molecular formula is C30H45FN6O2S. The molecule has 0 spiro atoms. The number of ether oxygens (including phenoxy) is 1. The Kier molecular flexibility index (Phi) is 11.4. The first kappa shape index (κ1) is 30.5. The second-order valence-electron chi connectivity index (χ2n) is 11.3. The Morgan fingerprint density at radius 2 is 1.95 bits per heavy atom. The number of carbonyl (C=O) groups is 1. The van der Waals surface area contributed by atoms with E-state index in [9.17, 15) is 9.18 Å². The second kappa shape index (κ2) is 15.0. The lowest BCUT2D eigenvalue weighted by Crippen LogP contribution is -2.41. The number of amides is 1. The number of carbonyl (C=O) groups excluding carboxylic acids is 1. The average molecular weight is 573 g/mol. The maximum Gasteiger partial charge on any atom is 0.257 e. The SMILES string of the molecule is CCN(C(=O)c1cc(F)ccc1Oc1cncnc1N1CCC[C@@H](CNC[C@H]2CC[C@H](NSC)CC2)C1)C(C)C. The van der Waals surface area contributed by atoms with Crippen LogP contribution in [0.3, 0.4) is 0 Å². The highest BCUT2D eigenvalue weighted by molar-refractivity contribution is 7.96. The molecule has 1 aromatic heterocycles. The van der Waals surface area contributed by atoms with Crippen molar-refractivity contribution >= 4 is 23.7 Å². The minimum atomic E-state index is -0.476. The fourth-order valence-electron chi connectivity index (χ4n) is 5.96. The molecule has 1 saturated carbocycles. The molecule has 1 amide bonds. The molecule has 1 aliphatic carbocycles. The van der Waals surface area contributed by atoms with Crippen LogP contribution in [0.4, 0.5) is 10.2 Å². The van der Waals surface area contributed by atoms with Gasteiger partial charge in [0.2, 0.25) is 0 Å². The van der Waals surface area contributed by atoms with Crippen LogP contribution >= 0.6 is 11.9 Å². The van der Waals surface area contributed by atoms with Gasteiger partial charge in [-0.25, -0.2) is 14.4 Å². The summed E-state index contributed by atoms with van der Waals surface area (Å²) in [6.45, 7) is 10.1. The van der Waals surface area contributed by atoms with Gasteiger partial charge in [0.25, 0.3) is 5.91 Å². The molecule has 2 heterocycles. The minimum absolute atomic E-state index is 0.0182. The Bertz CT molecular complexity index is 1100. The molecule has 2 aliphatic rings. The molecule has 0 radical (unpaired) electrons. The third-order valence-corrected chi connectivity index (χ3v) is 8.66. The van der Waals surface area contributed by atoms with Gasteiger partial charge in [-0.05, 0) is 109 Å². The van der Waals surface area contributed by atoms with E-state index in [0.29, 0.717) is 35.8 Å². The van der Waals surface area contributed by atoms with Crippen molar-refractivity contribution in [3.63, 3.8) is 0 Å². The van der Waals surface area contributed by atoms with E-state index in [4.69, 9.17) is 4.74 Å². The monoisotopic (exact) mass is 572 g/mol. The summed E-state index contributed by atoms with van der Waals surface area (Å²) in [7, 11) is 0. The van der Waals surface area contributed by atoms with E-state index in [1.165, 1.54) is 56.6 Å². The van der Waals surface area contributed by atoms with E-state index in [-0.39, 0.29) is 17.5 Å². The van der Waals surface area contributed by atoms with E-state index in [1.807, 2.05) is 20.8 Å². The van der Waals surface area contributed by atoms with Crippen molar-refractivity contribution in [1.82, 2.24) is 24.9 Å². The number of piperidine rings is 1. The van der Waals surface area contributed by atoms with Crippen LogP contribution in [-0.4, -0.2) is 71.8 Å². The van der Waals surface area contributed by atoms with Gasteiger partial charge < -0.3 is 19.9 Å². The Balaban J connectivity index is 1.39. The molecular weight excluding hydrogens is 527 g/mol. The van der Waals surface area contributed by atoms with Gasteiger partial charge in [0.1, 0.15) is 17.9 Å². The Morgan fingerprint density at radius 3 is 2.67 bits per heavy atom. The summed E-state index contributed by atoms with van der Waals surface area (Å²) in [4.78, 5) is 26.0. The molecule has 2 aromatic rings. The van der Waals surface area contributed by atoms with Gasteiger partial charge in [-0.2, -0.15) is 0 Å². The van der Waals surface area contributed by atoms with Gasteiger partial charge in [0.05, 0.1) is 11.8 Å². The molecule has 0 unspecified atom stereocenters. The zero-order valence-corrected chi connectivity index (χ0v) is 25.2. The summed E-state index contributed by atoms with van der Waals surface area (Å²) in [5.41, 5.74) is 0.198. The Labute approximate surface area is 243 Å². The molecule has 220 valence electrons. The van der Waals surface area contributed by atoms with Crippen LogP contribution in [0.2, 0.25) is 0 Å². The van der Waals surface area contributed by atoms with Gasteiger partial charge in [-0.1, -0.05) is 11.9 Å². The molecule has 2 fully saturated rings. The van der Waals surface area contributed by atoms with Crippen molar-refractivity contribution in [2.24, 2.45) is 11.8 Å². The first-order valence-corrected chi connectivity index (χ1v) is 15.9. The van der Waals surface area contributed by atoms with Crippen LogP contribution < -0.4 is 19.7 Å². The number of nitrogens with one attached hydrogen (secondary N) is 2. The number of aromatic nitrogens is 2. The van der Waals surface area contributed by atoms with E-state index < -0.39 is 5.82 Å². The van der Waals surface area contributed by atoms with E-state index in [2.05, 4.69) is 31.2 Å². The van der Waals surface area contributed by atoms with Gasteiger partial charge in [0.15, 0.2) is 11.6 Å². The zero-order valence-electron chi connectivity index (χ0n) is 24.4. The number of halogens is 1. The zero-order chi connectivity index (χ0) is 28.5. The highest BCUT2D eigenvalue weighted by atomic mass is 32.2. The molecule has 8 nitrogen and oxygen atoms in total. The summed E-state index contributed by atoms with van der Waals surface area (Å²) in [5.74, 6) is 2.02. The van der Waals surface area contributed by atoms with Gasteiger partial charge in [-0.3, -0.25) is 9.52 Å². The summed E-state index contributed by atoms with van der Waals surface area (Å²) in [6.07, 6.45) is 12.6. The Morgan fingerprint density at radius 1 is 1.18 bits per heavy atom. The highest BCUT2D eigenvalue weighted by Gasteiger charge is 2.27. The van der Waals surface area contributed by atoms with Crippen molar-refractivity contribution in [1.29, 1.82) is 0 Å². The number of anilines is 1. The second-order valence-corrected chi connectivity index (χ2v) is 11.9. The number of benzene rings is 1. The van der Waals surface area contributed by atoms with Crippen LogP contribution in [0.25, 0.3) is 0 Å². The third kappa shape index (κ3) is 8.07. The van der Waals surface area contributed by atoms with Crippen molar-refractivity contribution in [3.8, 4) is 11.5 Å². The Hall–Kier alpha value is -2.43. The normalized spacial score (nSPS) is 21.4. The topological polar surface area (TPSA) is 82.6 Å². The summed E-state index contributed by atoms with van der Waals surface area (Å²) < 4.78 is 24.0. The number of hydrogen-bond donors (Lipinski definition) is 2. The molecule has 10 heteroatoms. The fraction of sp³-hybridized carbons (Fsp3) is 0.633. The third-order valence-electron chi connectivity index (χ3n) is 8.09. The quantitative estimate of drug-likeness (QED) is 0.322. The van der Waals surface area contributed by atoms with Gasteiger partial charge in [-0.15, -0.1) is 0 Å². The van der Waals surface area contributed by atoms with Crippen LogP contribution in [0.5, 0.6) is 11.5 Å². The predicted octanol–water partition coefficient (Wildman–Crippen LogP) is 5.51. The fourth-order valence-corrected chi connectivity index (χ4v) is 6.53. The summed E-state index contributed by atoms with van der Waals surface area (Å²) in [5, 5.41) is 3.75. The standard InChI is InChI=1S/C30H45FN6O2S/c1-5-37(21(2)3)30(38)26-15-24(31)10-13-27(26)39-28-18-33-20-34-29(28)36-14-6-7-23(19-36)17-32-16-22-8-11-25(12-9-22)35-40-4/h10,13,15,18,20-23,25,32,35H,5-9,11-12,14,16-17,19H2,1-4H3/t22-,23-,25-/m0/s1. The highest BCUT2D eigenvalue weighted by Crippen LogP contribution is 2.34.